The Kier molecular flexibility index (Phi) is 7.85. The number of rotatable bonds is 12. The number of oxazole rings is 1. The molecule has 2 atom stereocenters. The van der Waals surface area contributed by atoms with Gasteiger partial charge in [0.2, 0.25) is 5.91 Å². The number of amides is 2. The third kappa shape index (κ3) is 6.31. The van der Waals surface area contributed by atoms with Crippen molar-refractivity contribution in [2.45, 2.75) is 63.5 Å². The van der Waals surface area contributed by atoms with E-state index in [2.05, 4.69) is 20.5 Å². The lowest BCUT2D eigenvalue weighted by atomic mass is 10.1. The van der Waals surface area contributed by atoms with Gasteiger partial charge in [-0.2, -0.15) is 0 Å². The molecule has 1 saturated heterocycles. The number of carbonyl (C=O) groups excluding carboxylic acids is 2. The van der Waals surface area contributed by atoms with E-state index in [1.165, 1.54) is 25.5 Å². The minimum absolute atomic E-state index is 0.0991. The average Bonchev–Trinajstić information content (AvgIpc) is 3.18. The third-order valence-electron chi connectivity index (χ3n) is 5.68. The highest BCUT2D eigenvalue weighted by Gasteiger charge is 2.38. The van der Waals surface area contributed by atoms with Gasteiger partial charge in [-0.1, -0.05) is 0 Å². The van der Waals surface area contributed by atoms with E-state index < -0.39 is 0 Å². The lowest BCUT2D eigenvalue weighted by molar-refractivity contribution is -0.122. The van der Waals surface area contributed by atoms with Gasteiger partial charge in [-0.25, -0.2) is 4.98 Å². The molecule has 156 valence electrons. The summed E-state index contributed by atoms with van der Waals surface area (Å²) in [4.78, 5) is 30.8. The Hall–Kier alpha value is -1.93. The van der Waals surface area contributed by atoms with Crippen LogP contribution in [0.25, 0.3) is 0 Å². The maximum atomic E-state index is 12.3. The average molecular weight is 393 g/mol. The predicted molar refractivity (Wildman–Crippen MR) is 104 cm³/mol. The van der Waals surface area contributed by atoms with Gasteiger partial charge in [-0.3, -0.25) is 14.5 Å². The first kappa shape index (κ1) is 20.8. The molecule has 0 aromatic carbocycles. The van der Waals surface area contributed by atoms with Gasteiger partial charge >= 0.3 is 0 Å². The molecule has 2 aliphatic rings. The first-order valence-electron chi connectivity index (χ1n) is 10.5. The molecule has 8 heteroatoms. The fourth-order valence-electron chi connectivity index (χ4n) is 3.90. The molecule has 3 rings (SSSR count). The minimum Gasteiger partial charge on any atom is -0.451 e. The molecule has 8 nitrogen and oxygen atoms in total. The number of unbranched alkanes of at least 4 members (excludes halogenated alkanes) is 2. The van der Waals surface area contributed by atoms with Gasteiger partial charge < -0.3 is 20.2 Å². The number of hydrogen-bond acceptors (Lipinski definition) is 6. The van der Waals surface area contributed by atoms with E-state index in [9.17, 15) is 9.59 Å². The Labute approximate surface area is 166 Å². The second-order valence-corrected chi connectivity index (χ2v) is 7.95. The van der Waals surface area contributed by atoms with Gasteiger partial charge in [-0.05, 0) is 50.9 Å². The van der Waals surface area contributed by atoms with Crippen LogP contribution < -0.4 is 10.6 Å². The summed E-state index contributed by atoms with van der Waals surface area (Å²) in [5.41, 5.74) is 0.295. The zero-order valence-corrected chi connectivity index (χ0v) is 16.4. The number of aliphatic hydroxyl groups excluding tert-OH is 1. The molecular formula is C20H32N4O4. The Balaban J connectivity index is 1.45. The van der Waals surface area contributed by atoms with Gasteiger partial charge in [0, 0.05) is 44.7 Å². The molecule has 1 aliphatic carbocycles. The molecule has 28 heavy (non-hydrogen) atoms. The van der Waals surface area contributed by atoms with Crippen molar-refractivity contribution in [3.8, 4) is 0 Å². The summed E-state index contributed by atoms with van der Waals surface area (Å²) >= 11 is 0. The van der Waals surface area contributed by atoms with E-state index in [4.69, 9.17) is 9.52 Å². The molecule has 3 N–H and O–H groups in total. The van der Waals surface area contributed by atoms with Crippen LogP contribution in [0, 0.1) is 5.92 Å². The van der Waals surface area contributed by atoms with Gasteiger partial charge in [0.1, 0.15) is 6.26 Å². The van der Waals surface area contributed by atoms with Crippen LogP contribution in [0.2, 0.25) is 0 Å². The van der Waals surface area contributed by atoms with E-state index >= 15 is 0 Å². The van der Waals surface area contributed by atoms with Crippen molar-refractivity contribution in [2.24, 2.45) is 5.92 Å². The second-order valence-electron chi connectivity index (χ2n) is 7.95. The first-order valence-corrected chi connectivity index (χ1v) is 10.5. The normalized spacial score (nSPS) is 22.3. The summed E-state index contributed by atoms with van der Waals surface area (Å²) in [7, 11) is 0. The highest BCUT2D eigenvalue weighted by molar-refractivity contribution is 5.91. The van der Waals surface area contributed by atoms with Crippen molar-refractivity contribution in [1.29, 1.82) is 0 Å². The van der Waals surface area contributed by atoms with Crippen LogP contribution in [0.4, 0.5) is 0 Å². The summed E-state index contributed by atoms with van der Waals surface area (Å²) in [5, 5.41) is 14.8. The number of hydrogen-bond donors (Lipinski definition) is 3. The quantitative estimate of drug-likeness (QED) is 0.463. The van der Waals surface area contributed by atoms with Crippen molar-refractivity contribution in [3.05, 3.63) is 18.4 Å². The third-order valence-corrected chi connectivity index (χ3v) is 5.68. The van der Waals surface area contributed by atoms with Crippen LogP contribution in [0.5, 0.6) is 0 Å². The molecule has 0 unspecified atom stereocenters. The first-order chi connectivity index (χ1) is 13.7. The fraction of sp³-hybridized carbons (Fsp3) is 0.750. The topological polar surface area (TPSA) is 108 Å². The van der Waals surface area contributed by atoms with Crippen LogP contribution >= 0.6 is 0 Å². The summed E-state index contributed by atoms with van der Waals surface area (Å²) in [6.45, 7) is 2.46. The SMILES string of the molecule is O=C(C[C@H]1CC[C@@H](CNC(=O)c2cocn2)N1CC1CC1)NCCCCCO. The predicted octanol–water partition coefficient (Wildman–Crippen LogP) is 1.32. The van der Waals surface area contributed by atoms with Crippen molar-refractivity contribution in [2.75, 3.05) is 26.2 Å². The van der Waals surface area contributed by atoms with E-state index in [1.54, 1.807) is 0 Å². The molecule has 2 heterocycles. The number of carbonyl (C=O) groups is 2. The number of nitrogens with one attached hydrogen (secondary N) is 2. The van der Waals surface area contributed by atoms with Crippen LogP contribution in [-0.2, 0) is 4.79 Å². The van der Waals surface area contributed by atoms with E-state index in [1.807, 2.05) is 0 Å². The van der Waals surface area contributed by atoms with Crippen molar-refractivity contribution >= 4 is 11.8 Å². The highest BCUT2D eigenvalue weighted by Crippen LogP contribution is 2.35. The second kappa shape index (κ2) is 10.6. The summed E-state index contributed by atoms with van der Waals surface area (Å²) < 4.78 is 4.86. The number of likely N-dealkylation sites (tertiary alicyclic amines) is 1. The van der Waals surface area contributed by atoms with E-state index in [0.29, 0.717) is 25.2 Å². The van der Waals surface area contributed by atoms with Gasteiger partial charge in [0.15, 0.2) is 12.1 Å². The Bertz CT molecular complexity index is 618. The Morgan fingerprint density at radius 3 is 2.68 bits per heavy atom. The van der Waals surface area contributed by atoms with Gasteiger partial charge in [0.05, 0.1) is 0 Å². The van der Waals surface area contributed by atoms with Gasteiger partial charge in [-0.15, -0.1) is 0 Å². The highest BCUT2D eigenvalue weighted by atomic mass is 16.3. The molecule has 1 aromatic rings. The number of nitrogens with zero attached hydrogens (tertiary/aromatic N) is 2. The maximum absolute atomic E-state index is 12.3. The van der Waals surface area contributed by atoms with Crippen LogP contribution in [0.1, 0.15) is 61.9 Å². The van der Waals surface area contributed by atoms with Crippen molar-refractivity contribution in [1.82, 2.24) is 20.5 Å². The van der Waals surface area contributed by atoms with E-state index in [-0.39, 0.29) is 30.5 Å². The van der Waals surface area contributed by atoms with E-state index in [0.717, 1.165) is 44.6 Å². The van der Waals surface area contributed by atoms with Gasteiger partial charge in [0.25, 0.3) is 5.91 Å². The standard InChI is InChI=1S/C20H32N4O4/c25-9-3-1-2-8-21-19(26)10-16-6-7-17(24(16)12-15-4-5-15)11-22-20(27)18-13-28-14-23-18/h13-17,25H,1-12H2,(H,21,26)(H,22,27)/t16-,17+/m1/s1. The van der Waals surface area contributed by atoms with Crippen molar-refractivity contribution < 1.29 is 19.1 Å². The molecule has 1 saturated carbocycles. The summed E-state index contributed by atoms with van der Waals surface area (Å²) in [6.07, 6.45) is 10.2. The molecule has 0 spiro atoms. The largest absolute Gasteiger partial charge is 0.451 e. The number of aliphatic hydroxyl groups is 1. The molecule has 0 bridgehead atoms. The van der Waals surface area contributed by atoms with Crippen LogP contribution in [-0.4, -0.2) is 65.1 Å². The van der Waals surface area contributed by atoms with Crippen molar-refractivity contribution in [3.63, 3.8) is 0 Å². The molecular weight excluding hydrogens is 360 g/mol. The molecule has 0 radical (unpaired) electrons. The Morgan fingerprint density at radius 1 is 1.14 bits per heavy atom. The Morgan fingerprint density at radius 2 is 1.96 bits per heavy atom. The molecule has 2 amide bonds. The summed E-state index contributed by atoms with van der Waals surface area (Å²) in [5.74, 6) is 0.613. The van der Waals surface area contributed by atoms with Crippen LogP contribution in [0.15, 0.2) is 17.1 Å². The summed E-state index contributed by atoms with van der Waals surface area (Å²) in [6, 6.07) is 0.505. The fourth-order valence-corrected chi connectivity index (χ4v) is 3.90. The minimum atomic E-state index is -0.218. The lowest BCUT2D eigenvalue weighted by Crippen LogP contribution is -2.45. The molecule has 1 aliphatic heterocycles. The van der Waals surface area contributed by atoms with Crippen LogP contribution in [0.3, 0.4) is 0 Å². The lowest BCUT2D eigenvalue weighted by Gasteiger charge is -2.30. The number of aromatic nitrogens is 1. The molecule has 1 aromatic heterocycles. The molecule has 2 fully saturated rings. The zero-order valence-electron chi connectivity index (χ0n) is 16.4. The smallest absolute Gasteiger partial charge is 0.273 e. The maximum Gasteiger partial charge on any atom is 0.273 e. The monoisotopic (exact) mass is 392 g/mol. The zero-order chi connectivity index (χ0) is 19.8.